The highest BCUT2D eigenvalue weighted by Gasteiger charge is 2.20. The fourth-order valence-corrected chi connectivity index (χ4v) is 2.12. The van der Waals surface area contributed by atoms with Gasteiger partial charge in [0.05, 0.1) is 0 Å². The van der Waals surface area contributed by atoms with Crippen LogP contribution in [0.5, 0.6) is 11.6 Å². The third kappa shape index (κ3) is 3.51. The Morgan fingerprint density at radius 2 is 1.95 bits per heavy atom. The van der Waals surface area contributed by atoms with Gasteiger partial charge >= 0.3 is 0 Å². The first kappa shape index (κ1) is 15.3. The molecule has 4 heteroatoms. The Morgan fingerprint density at radius 3 is 2.57 bits per heavy atom. The summed E-state index contributed by atoms with van der Waals surface area (Å²) in [5, 5.41) is 0. The van der Waals surface area contributed by atoms with E-state index < -0.39 is 0 Å². The topological polar surface area (TPSA) is 61.0 Å². The lowest BCUT2D eigenvalue weighted by Gasteiger charge is -2.23. The van der Waals surface area contributed by atoms with Crippen LogP contribution in [0.3, 0.4) is 0 Å². The number of ether oxygens (including phenoxy) is 1. The molecule has 2 N–H and O–H groups in total. The van der Waals surface area contributed by atoms with Crippen LogP contribution in [-0.4, -0.2) is 9.97 Å². The number of nitrogens with two attached hydrogens (primary N) is 1. The Balaban J connectivity index is 2.46. The van der Waals surface area contributed by atoms with Crippen molar-refractivity contribution < 1.29 is 4.74 Å². The molecular formula is C17H23N3O. The molecule has 1 aromatic carbocycles. The molecule has 2 aromatic rings. The number of nitrogens with zero attached hydrogens (tertiary/aromatic N) is 2. The standard InChI is InChI=1S/C17H23N3O/c1-6-12-7-8-14(13(9-12)17(3,4)5)21-15-11(2)10-19-16(18)20-15/h7-10H,6H2,1-5H3,(H2,18,19,20). The highest BCUT2D eigenvalue weighted by Crippen LogP contribution is 2.35. The van der Waals surface area contributed by atoms with E-state index in [9.17, 15) is 0 Å². The van der Waals surface area contributed by atoms with Crippen LogP contribution in [0.2, 0.25) is 0 Å². The molecule has 0 saturated heterocycles. The second-order valence-electron chi connectivity index (χ2n) is 6.25. The third-order valence-electron chi connectivity index (χ3n) is 3.41. The molecule has 0 amide bonds. The Morgan fingerprint density at radius 1 is 1.24 bits per heavy atom. The van der Waals surface area contributed by atoms with E-state index in [4.69, 9.17) is 10.5 Å². The second-order valence-corrected chi connectivity index (χ2v) is 6.25. The van der Waals surface area contributed by atoms with Crippen LogP contribution in [0.1, 0.15) is 44.4 Å². The van der Waals surface area contributed by atoms with Crippen molar-refractivity contribution in [3.8, 4) is 11.6 Å². The molecule has 0 atom stereocenters. The lowest BCUT2D eigenvalue weighted by Crippen LogP contribution is -2.13. The zero-order valence-electron chi connectivity index (χ0n) is 13.4. The van der Waals surface area contributed by atoms with E-state index in [1.54, 1.807) is 6.20 Å². The maximum absolute atomic E-state index is 6.02. The Kier molecular flexibility index (Phi) is 4.16. The molecular weight excluding hydrogens is 262 g/mol. The normalized spacial score (nSPS) is 11.5. The molecule has 2 rings (SSSR count). The summed E-state index contributed by atoms with van der Waals surface area (Å²) in [4.78, 5) is 8.14. The molecule has 1 aromatic heterocycles. The molecule has 4 nitrogen and oxygen atoms in total. The molecule has 112 valence electrons. The summed E-state index contributed by atoms with van der Waals surface area (Å²) in [5.41, 5.74) is 8.97. The number of hydrogen-bond acceptors (Lipinski definition) is 4. The summed E-state index contributed by atoms with van der Waals surface area (Å²) in [7, 11) is 0. The van der Waals surface area contributed by atoms with Gasteiger partial charge in [-0.15, -0.1) is 0 Å². The fraction of sp³-hybridized carbons (Fsp3) is 0.412. The minimum Gasteiger partial charge on any atom is -0.438 e. The summed E-state index contributed by atoms with van der Waals surface area (Å²) in [6, 6.07) is 6.30. The van der Waals surface area contributed by atoms with Gasteiger partial charge in [-0.05, 0) is 30.4 Å². The van der Waals surface area contributed by atoms with Crippen molar-refractivity contribution in [2.75, 3.05) is 5.73 Å². The highest BCUT2D eigenvalue weighted by atomic mass is 16.5. The van der Waals surface area contributed by atoms with E-state index >= 15 is 0 Å². The van der Waals surface area contributed by atoms with Crippen LogP contribution < -0.4 is 10.5 Å². The number of benzene rings is 1. The maximum atomic E-state index is 6.02. The van der Waals surface area contributed by atoms with Gasteiger partial charge in [0.15, 0.2) is 0 Å². The molecule has 0 bridgehead atoms. The lowest BCUT2D eigenvalue weighted by atomic mass is 9.85. The summed E-state index contributed by atoms with van der Waals surface area (Å²) in [5.74, 6) is 1.55. The Hall–Kier alpha value is -2.10. The molecule has 0 saturated carbocycles. The number of rotatable bonds is 3. The fourth-order valence-electron chi connectivity index (χ4n) is 2.12. The molecule has 0 fully saturated rings. The number of nitrogen functional groups attached to an aromatic ring is 1. The molecule has 1 heterocycles. The van der Waals surface area contributed by atoms with Gasteiger partial charge in [-0.2, -0.15) is 4.98 Å². The van der Waals surface area contributed by atoms with Gasteiger partial charge in [0.1, 0.15) is 5.75 Å². The van der Waals surface area contributed by atoms with Crippen LogP contribution >= 0.6 is 0 Å². The van der Waals surface area contributed by atoms with Gasteiger partial charge in [-0.25, -0.2) is 4.98 Å². The van der Waals surface area contributed by atoms with Gasteiger partial charge in [0.25, 0.3) is 0 Å². The first-order valence-electron chi connectivity index (χ1n) is 7.21. The van der Waals surface area contributed by atoms with E-state index in [0.29, 0.717) is 5.88 Å². The zero-order chi connectivity index (χ0) is 15.6. The third-order valence-corrected chi connectivity index (χ3v) is 3.41. The Labute approximate surface area is 126 Å². The predicted molar refractivity (Wildman–Crippen MR) is 85.8 cm³/mol. The van der Waals surface area contributed by atoms with Crippen LogP contribution in [-0.2, 0) is 11.8 Å². The summed E-state index contributed by atoms with van der Waals surface area (Å²) in [6.45, 7) is 10.6. The maximum Gasteiger partial charge on any atom is 0.226 e. The van der Waals surface area contributed by atoms with Crippen molar-refractivity contribution in [1.82, 2.24) is 9.97 Å². The van der Waals surface area contributed by atoms with Crippen molar-refractivity contribution in [2.45, 2.75) is 46.5 Å². The zero-order valence-corrected chi connectivity index (χ0v) is 13.4. The van der Waals surface area contributed by atoms with Gasteiger partial charge in [-0.3, -0.25) is 0 Å². The number of aromatic nitrogens is 2. The molecule has 0 aliphatic carbocycles. The summed E-state index contributed by atoms with van der Waals surface area (Å²) >= 11 is 0. The van der Waals surface area contributed by atoms with Crippen molar-refractivity contribution >= 4 is 5.95 Å². The van der Waals surface area contributed by atoms with E-state index in [1.807, 2.05) is 13.0 Å². The first-order chi connectivity index (χ1) is 9.81. The molecule has 0 spiro atoms. The van der Waals surface area contributed by atoms with Gasteiger partial charge in [0.2, 0.25) is 11.8 Å². The molecule has 0 aliphatic heterocycles. The smallest absolute Gasteiger partial charge is 0.226 e. The molecule has 21 heavy (non-hydrogen) atoms. The average Bonchev–Trinajstić information content (AvgIpc) is 2.42. The van der Waals surface area contributed by atoms with Gasteiger partial charge < -0.3 is 10.5 Å². The van der Waals surface area contributed by atoms with Crippen LogP contribution in [0.25, 0.3) is 0 Å². The minimum absolute atomic E-state index is 0.00695. The summed E-state index contributed by atoms with van der Waals surface area (Å²) < 4.78 is 6.02. The predicted octanol–water partition coefficient (Wildman–Crippen LogP) is 4.02. The highest BCUT2D eigenvalue weighted by molar-refractivity contribution is 5.44. The summed E-state index contributed by atoms with van der Waals surface area (Å²) in [6.07, 6.45) is 2.68. The van der Waals surface area contributed by atoms with E-state index in [1.165, 1.54) is 11.1 Å². The monoisotopic (exact) mass is 285 g/mol. The molecule has 0 unspecified atom stereocenters. The van der Waals surface area contributed by atoms with Gasteiger partial charge in [-0.1, -0.05) is 39.8 Å². The van der Waals surface area contributed by atoms with E-state index in [2.05, 4.69) is 49.8 Å². The van der Waals surface area contributed by atoms with Crippen LogP contribution in [0.15, 0.2) is 24.4 Å². The van der Waals surface area contributed by atoms with Gasteiger partial charge in [0, 0.05) is 17.3 Å². The number of hydrogen-bond donors (Lipinski definition) is 1. The second kappa shape index (κ2) is 5.72. The van der Waals surface area contributed by atoms with Crippen molar-refractivity contribution in [2.24, 2.45) is 0 Å². The van der Waals surface area contributed by atoms with Crippen LogP contribution in [0.4, 0.5) is 5.95 Å². The van der Waals surface area contributed by atoms with Crippen molar-refractivity contribution in [1.29, 1.82) is 0 Å². The molecule has 0 aliphatic rings. The lowest BCUT2D eigenvalue weighted by molar-refractivity contribution is 0.436. The first-order valence-corrected chi connectivity index (χ1v) is 7.21. The molecule has 0 radical (unpaired) electrons. The largest absolute Gasteiger partial charge is 0.438 e. The quantitative estimate of drug-likeness (QED) is 0.925. The number of aryl methyl sites for hydroxylation is 2. The average molecular weight is 285 g/mol. The van der Waals surface area contributed by atoms with Crippen LogP contribution in [0, 0.1) is 6.92 Å². The number of anilines is 1. The van der Waals surface area contributed by atoms with Crippen molar-refractivity contribution in [3.05, 3.63) is 41.1 Å². The Bertz CT molecular complexity index is 645. The minimum atomic E-state index is -0.00695. The van der Waals surface area contributed by atoms with Crippen molar-refractivity contribution in [3.63, 3.8) is 0 Å². The van der Waals surface area contributed by atoms with E-state index in [0.717, 1.165) is 17.7 Å². The van der Waals surface area contributed by atoms with E-state index in [-0.39, 0.29) is 11.4 Å². The SMILES string of the molecule is CCc1ccc(Oc2nc(N)ncc2C)c(C(C)(C)C)c1.